The highest BCUT2D eigenvalue weighted by atomic mass is 32.2. The molecule has 0 aromatic heterocycles. The average molecular weight is 426 g/mol. The molecule has 7 nitrogen and oxygen atoms in total. The normalized spacial score (nSPS) is 13.1. The van der Waals surface area contributed by atoms with Gasteiger partial charge in [-0.2, -0.15) is 0 Å². The van der Waals surface area contributed by atoms with Gasteiger partial charge in [-0.15, -0.1) is 0 Å². The van der Waals surface area contributed by atoms with Crippen molar-refractivity contribution in [2.45, 2.75) is 29.6 Å². The Morgan fingerprint density at radius 3 is 1.93 bits per heavy atom. The average Bonchev–Trinajstić information content (AvgIpc) is 2.59. The van der Waals surface area contributed by atoms with Crippen LogP contribution in [0.25, 0.3) is 0 Å². The summed E-state index contributed by atoms with van der Waals surface area (Å²) in [5.41, 5.74) is 6.86. The van der Waals surface area contributed by atoms with Gasteiger partial charge in [0.2, 0.25) is 5.91 Å². The molecule has 0 heterocycles. The second kappa shape index (κ2) is 8.74. The number of sulfone groups is 2. The molecule has 9 heteroatoms. The van der Waals surface area contributed by atoms with E-state index in [1.54, 1.807) is 36.4 Å². The van der Waals surface area contributed by atoms with Crippen LogP contribution in [0.1, 0.15) is 17.5 Å². The van der Waals surface area contributed by atoms with Crippen LogP contribution >= 0.6 is 0 Å². The van der Waals surface area contributed by atoms with E-state index in [1.807, 2.05) is 0 Å². The third-order valence-corrected chi connectivity index (χ3v) is 6.84. The van der Waals surface area contributed by atoms with Gasteiger partial charge in [0, 0.05) is 12.5 Å². The zero-order chi connectivity index (χ0) is 20.9. The summed E-state index contributed by atoms with van der Waals surface area (Å²) >= 11 is 0. The number of aryl methyl sites for hydroxylation is 1. The maximum atomic E-state index is 11.6. The number of nitrogens with two attached hydrogens (primary N) is 1. The predicted octanol–water partition coefficient (Wildman–Crippen LogP) is 1.50. The van der Waals surface area contributed by atoms with Crippen LogP contribution in [0.3, 0.4) is 0 Å². The van der Waals surface area contributed by atoms with E-state index in [-0.39, 0.29) is 17.9 Å². The van der Waals surface area contributed by atoms with E-state index in [9.17, 15) is 21.6 Å². The molecule has 2 rings (SSSR count). The number of carbonyl (C=O) groups excluding carboxylic acids is 1. The van der Waals surface area contributed by atoms with Gasteiger partial charge in [-0.3, -0.25) is 4.79 Å². The van der Waals surface area contributed by atoms with E-state index in [4.69, 9.17) is 10.5 Å². The molecule has 152 valence electrons. The van der Waals surface area contributed by atoms with Crippen LogP contribution in [0.15, 0.2) is 53.4 Å². The molecular weight excluding hydrogens is 402 g/mol. The topological polar surface area (TPSA) is 121 Å². The van der Waals surface area contributed by atoms with Crippen LogP contribution in [0, 0.1) is 0 Å². The minimum absolute atomic E-state index is 0.126. The fourth-order valence-corrected chi connectivity index (χ4v) is 4.22. The number of hydrogen-bond donors (Lipinski definition) is 1. The first-order chi connectivity index (χ1) is 13.0. The van der Waals surface area contributed by atoms with Crippen LogP contribution < -0.4 is 10.5 Å². The highest BCUT2D eigenvalue weighted by molar-refractivity contribution is 7.92. The lowest BCUT2D eigenvalue weighted by molar-refractivity contribution is -0.117. The van der Waals surface area contributed by atoms with Gasteiger partial charge in [0.25, 0.3) is 0 Å². The summed E-state index contributed by atoms with van der Waals surface area (Å²) in [6.07, 6.45) is 2.68. The summed E-state index contributed by atoms with van der Waals surface area (Å²) < 4.78 is 51.8. The number of hydrogen-bond acceptors (Lipinski definition) is 6. The third-order valence-electron chi connectivity index (χ3n) is 4.21. The van der Waals surface area contributed by atoms with E-state index in [2.05, 4.69) is 0 Å². The van der Waals surface area contributed by atoms with Crippen molar-refractivity contribution in [1.82, 2.24) is 0 Å². The molecule has 28 heavy (non-hydrogen) atoms. The first-order valence-electron chi connectivity index (χ1n) is 8.46. The van der Waals surface area contributed by atoms with Gasteiger partial charge in [0.15, 0.2) is 19.7 Å². The van der Waals surface area contributed by atoms with Crippen LogP contribution in [0.2, 0.25) is 0 Å². The Hall–Kier alpha value is -2.39. The van der Waals surface area contributed by atoms with Crippen molar-refractivity contribution < 1.29 is 26.4 Å². The van der Waals surface area contributed by atoms with Crippen molar-refractivity contribution in [3.8, 4) is 5.75 Å². The molecule has 1 unspecified atom stereocenters. The summed E-state index contributed by atoms with van der Waals surface area (Å²) in [5.74, 6) is -0.227. The van der Waals surface area contributed by atoms with Crippen LogP contribution in [-0.2, 0) is 37.5 Å². The van der Waals surface area contributed by atoms with E-state index in [0.717, 1.165) is 23.6 Å². The monoisotopic (exact) mass is 425 g/mol. The number of ether oxygens (including phenoxy) is 1. The number of rotatable bonds is 9. The fourth-order valence-electron chi connectivity index (χ4n) is 2.62. The van der Waals surface area contributed by atoms with Gasteiger partial charge in [-0.05, 0) is 48.2 Å². The smallest absolute Gasteiger partial charge is 0.235 e. The zero-order valence-electron chi connectivity index (χ0n) is 15.7. The van der Waals surface area contributed by atoms with Gasteiger partial charge >= 0.3 is 0 Å². The summed E-state index contributed by atoms with van der Waals surface area (Å²) in [7, 11) is -6.76. The van der Waals surface area contributed by atoms with E-state index < -0.39 is 30.8 Å². The molecule has 0 aliphatic carbocycles. The quantitative estimate of drug-likeness (QED) is 0.650. The van der Waals surface area contributed by atoms with E-state index in [1.165, 1.54) is 12.1 Å². The van der Waals surface area contributed by atoms with Crippen LogP contribution in [-0.4, -0.2) is 40.5 Å². The van der Waals surface area contributed by atoms with Crippen LogP contribution in [0.5, 0.6) is 5.75 Å². The Morgan fingerprint density at radius 1 is 0.929 bits per heavy atom. The Morgan fingerprint density at radius 2 is 1.46 bits per heavy atom. The molecule has 0 saturated heterocycles. The first-order valence-corrected chi connectivity index (χ1v) is 12.3. The van der Waals surface area contributed by atoms with Gasteiger partial charge in [0.1, 0.15) is 17.6 Å². The van der Waals surface area contributed by atoms with Crippen molar-refractivity contribution in [1.29, 1.82) is 0 Å². The molecule has 2 aromatic carbocycles. The second-order valence-electron chi connectivity index (χ2n) is 6.61. The SMILES string of the molecule is CS(=O)(=O)c1ccc(COc2ccc(CCC(C(N)=O)S(C)(=O)=O)cc2)cc1. The molecule has 0 fully saturated rings. The number of amides is 1. The molecule has 2 N–H and O–H groups in total. The van der Waals surface area contributed by atoms with Crippen molar-refractivity contribution in [2.75, 3.05) is 12.5 Å². The van der Waals surface area contributed by atoms with E-state index in [0.29, 0.717) is 12.2 Å². The Bertz CT molecular complexity index is 1030. The largest absolute Gasteiger partial charge is 0.489 e. The van der Waals surface area contributed by atoms with E-state index >= 15 is 0 Å². The fraction of sp³-hybridized carbons (Fsp3) is 0.316. The van der Waals surface area contributed by atoms with Crippen molar-refractivity contribution in [3.05, 3.63) is 59.7 Å². The number of primary amides is 1. The van der Waals surface area contributed by atoms with Crippen molar-refractivity contribution in [3.63, 3.8) is 0 Å². The van der Waals surface area contributed by atoms with Gasteiger partial charge < -0.3 is 10.5 Å². The molecule has 1 atom stereocenters. The predicted molar refractivity (Wildman–Crippen MR) is 106 cm³/mol. The standard InChI is InChI=1S/C19H23NO6S2/c1-27(22,23)17-10-5-15(6-11-17)13-26-16-8-3-14(4-9-16)7-12-18(19(20)21)28(2,24)25/h3-6,8-11,18H,7,12-13H2,1-2H3,(H2,20,21). The Labute approximate surface area is 165 Å². The van der Waals surface area contributed by atoms with Gasteiger partial charge in [-0.25, -0.2) is 16.8 Å². The molecule has 0 aliphatic rings. The molecule has 0 aliphatic heterocycles. The highest BCUT2D eigenvalue weighted by Crippen LogP contribution is 2.18. The molecule has 0 radical (unpaired) electrons. The number of benzene rings is 2. The van der Waals surface area contributed by atoms with Crippen molar-refractivity contribution in [2.24, 2.45) is 5.73 Å². The maximum absolute atomic E-state index is 11.6. The summed E-state index contributed by atoms with van der Waals surface area (Å²) in [6.45, 7) is 0.279. The third kappa shape index (κ3) is 6.35. The molecule has 0 spiro atoms. The lowest BCUT2D eigenvalue weighted by Gasteiger charge is -2.12. The Balaban J connectivity index is 1.93. The summed E-state index contributed by atoms with van der Waals surface area (Å²) in [5, 5.41) is -1.20. The lowest BCUT2D eigenvalue weighted by atomic mass is 10.1. The lowest BCUT2D eigenvalue weighted by Crippen LogP contribution is -2.35. The molecule has 0 bridgehead atoms. The minimum Gasteiger partial charge on any atom is -0.489 e. The summed E-state index contributed by atoms with van der Waals surface area (Å²) in [4.78, 5) is 11.6. The first kappa shape index (κ1) is 21.9. The molecule has 2 aromatic rings. The van der Waals surface area contributed by atoms with Crippen LogP contribution in [0.4, 0.5) is 0 Å². The zero-order valence-corrected chi connectivity index (χ0v) is 17.3. The minimum atomic E-state index is -3.53. The van der Waals surface area contributed by atoms with Gasteiger partial charge in [0.05, 0.1) is 4.90 Å². The molecule has 1 amide bonds. The maximum Gasteiger partial charge on any atom is 0.235 e. The molecule has 0 saturated carbocycles. The van der Waals surface area contributed by atoms with Gasteiger partial charge in [-0.1, -0.05) is 24.3 Å². The summed E-state index contributed by atoms with van der Waals surface area (Å²) in [6, 6.07) is 13.5. The van der Waals surface area contributed by atoms with Crippen molar-refractivity contribution >= 4 is 25.6 Å². The number of carbonyl (C=O) groups is 1. The molecular formula is C19H23NO6S2. The Kier molecular flexibility index (Phi) is 6.84. The second-order valence-corrected chi connectivity index (χ2v) is 10.9. The highest BCUT2D eigenvalue weighted by Gasteiger charge is 2.26.